The Morgan fingerprint density at radius 2 is 1.55 bits per heavy atom. The van der Waals surface area contributed by atoms with Crippen LogP contribution < -0.4 is 10.0 Å². The lowest BCUT2D eigenvalue weighted by molar-refractivity contribution is -0.929. The first-order chi connectivity index (χ1) is 16.2. The van der Waals surface area contributed by atoms with Crippen LogP contribution in [-0.2, 0) is 4.79 Å². The highest BCUT2D eigenvalue weighted by molar-refractivity contribution is 8.18. The second-order valence-corrected chi connectivity index (χ2v) is 9.29. The van der Waals surface area contributed by atoms with Gasteiger partial charge in [-0.1, -0.05) is 84.9 Å². The summed E-state index contributed by atoms with van der Waals surface area (Å²) < 4.78 is 0. The Bertz CT molecular complexity index is 1150. The Morgan fingerprint density at radius 1 is 0.909 bits per heavy atom. The Kier molecular flexibility index (Phi) is 6.28. The molecular formula is C27H25N3O2S. The molecule has 2 aliphatic rings. The molecule has 0 aliphatic carbocycles. The van der Waals surface area contributed by atoms with Crippen molar-refractivity contribution in [3.05, 3.63) is 107 Å². The molecule has 0 radical (unpaired) electrons. The zero-order valence-electron chi connectivity index (χ0n) is 18.2. The lowest BCUT2D eigenvalue weighted by Gasteiger charge is -2.37. The summed E-state index contributed by atoms with van der Waals surface area (Å²) in [6, 6.07) is 28.2. The maximum atomic E-state index is 12.5. The number of nitrogens with one attached hydrogen (secondary N) is 1. The third kappa shape index (κ3) is 4.87. The number of quaternary nitrogens is 1. The van der Waals surface area contributed by atoms with E-state index in [0.29, 0.717) is 4.91 Å². The molecule has 1 fully saturated rings. The van der Waals surface area contributed by atoms with Crippen molar-refractivity contribution >= 4 is 28.9 Å². The summed E-state index contributed by atoms with van der Waals surface area (Å²) in [5, 5.41) is 12.4. The molecule has 1 N–H and O–H groups in total. The number of thioether (sulfide) groups is 1. The average Bonchev–Trinajstić information content (AvgIpc) is 3.21. The van der Waals surface area contributed by atoms with Gasteiger partial charge in [0.1, 0.15) is 6.04 Å². The normalized spacial score (nSPS) is 18.2. The molecule has 0 aromatic heterocycles. The van der Waals surface area contributed by atoms with Gasteiger partial charge in [0.25, 0.3) is 5.91 Å². The van der Waals surface area contributed by atoms with Crippen LogP contribution in [0.1, 0.15) is 22.7 Å². The van der Waals surface area contributed by atoms with Crippen molar-refractivity contribution in [2.45, 2.75) is 6.04 Å². The summed E-state index contributed by atoms with van der Waals surface area (Å²) >= 11 is 1.40. The van der Waals surface area contributed by atoms with E-state index in [-0.39, 0.29) is 17.7 Å². The molecule has 0 bridgehead atoms. The first-order valence-electron chi connectivity index (χ1n) is 11.2. The quantitative estimate of drug-likeness (QED) is 0.615. The van der Waals surface area contributed by atoms with Crippen molar-refractivity contribution in [2.75, 3.05) is 26.2 Å². The van der Waals surface area contributed by atoms with Crippen LogP contribution in [0.2, 0.25) is 0 Å². The molecule has 0 unspecified atom stereocenters. The molecule has 3 aromatic rings. The molecule has 166 valence electrons. The predicted octanol–water partition coefficient (Wildman–Crippen LogP) is 2.72. The second kappa shape index (κ2) is 9.65. The van der Waals surface area contributed by atoms with Crippen molar-refractivity contribution in [3.8, 4) is 5.75 Å². The fourth-order valence-corrected chi connectivity index (χ4v) is 5.48. The molecule has 0 spiro atoms. The van der Waals surface area contributed by atoms with Crippen LogP contribution in [-0.4, -0.2) is 42.2 Å². The number of hydrogen-bond donors (Lipinski definition) is 1. The molecule has 1 amide bonds. The number of aliphatic imine (C=N–C) groups is 1. The monoisotopic (exact) mass is 455 g/mol. The number of benzene rings is 3. The largest absolute Gasteiger partial charge is 0.872 e. The molecule has 2 aliphatic heterocycles. The summed E-state index contributed by atoms with van der Waals surface area (Å²) in [6.45, 7) is 3.60. The van der Waals surface area contributed by atoms with E-state index in [0.717, 1.165) is 36.9 Å². The number of amides is 1. The number of amidine groups is 1. The third-order valence-corrected chi connectivity index (χ3v) is 7.16. The van der Waals surface area contributed by atoms with E-state index >= 15 is 0 Å². The van der Waals surface area contributed by atoms with Gasteiger partial charge in [0.15, 0.2) is 5.17 Å². The van der Waals surface area contributed by atoms with Crippen molar-refractivity contribution in [1.29, 1.82) is 0 Å². The van der Waals surface area contributed by atoms with Gasteiger partial charge in [0.2, 0.25) is 0 Å². The number of rotatable bonds is 4. The summed E-state index contributed by atoms with van der Waals surface area (Å²) in [7, 11) is 0. The molecule has 1 saturated heterocycles. The van der Waals surface area contributed by atoms with E-state index in [1.807, 2.05) is 6.07 Å². The van der Waals surface area contributed by atoms with Gasteiger partial charge in [-0.15, -0.1) is 5.75 Å². The van der Waals surface area contributed by atoms with Crippen LogP contribution in [0.4, 0.5) is 0 Å². The highest BCUT2D eigenvalue weighted by Crippen LogP contribution is 2.30. The van der Waals surface area contributed by atoms with Crippen molar-refractivity contribution < 1.29 is 14.8 Å². The molecular weight excluding hydrogens is 430 g/mol. The van der Waals surface area contributed by atoms with Crippen LogP contribution in [0.25, 0.3) is 6.08 Å². The molecule has 5 nitrogen and oxygen atoms in total. The first-order valence-corrected chi connectivity index (χ1v) is 12.0. The fraction of sp³-hybridized carbons (Fsp3) is 0.185. The molecule has 0 atom stereocenters. The fourth-order valence-electron chi connectivity index (χ4n) is 4.52. The van der Waals surface area contributed by atoms with Gasteiger partial charge in [-0.05, 0) is 23.4 Å². The van der Waals surface area contributed by atoms with E-state index in [4.69, 9.17) is 0 Å². The predicted molar refractivity (Wildman–Crippen MR) is 131 cm³/mol. The lowest BCUT2D eigenvalue weighted by Crippen LogP contribution is -3.15. The Balaban J connectivity index is 1.29. The number of carbonyl (C=O) groups is 1. The van der Waals surface area contributed by atoms with Gasteiger partial charge in [0.05, 0.1) is 31.1 Å². The minimum absolute atomic E-state index is 0.0635. The van der Waals surface area contributed by atoms with E-state index in [1.54, 1.807) is 12.1 Å². The van der Waals surface area contributed by atoms with E-state index in [2.05, 4.69) is 70.6 Å². The zero-order chi connectivity index (χ0) is 22.6. The lowest BCUT2D eigenvalue weighted by atomic mass is 9.96. The highest BCUT2D eigenvalue weighted by atomic mass is 32.2. The number of piperazine rings is 1. The molecule has 5 rings (SSSR count). The highest BCUT2D eigenvalue weighted by Gasteiger charge is 2.33. The van der Waals surface area contributed by atoms with Crippen LogP contribution >= 0.6 is 11.8 Å². The second-order valence-electron chi connectivity index (χ2n) is 8.28. The number of hydrogen-bond acceptors (Lipinski definition) is 4. The van der Waals surface area contributed by atoms with Gasteiger partial charge in [-0.3, -0.25) is 4.79 Å². The molecule has 2 heterocycles. The van der Waals surface area contributed by atoms with Crippen LogP contribution in [0.3, 0.4) is 0 Å². The Morgan fingerprint density at radius 3 is 2.15 bits per heavy atom. The Labute approximate surface area is 198 Å². The van der Waals surface area contributed by atoms with Crippen molar-refractivity contribution in [3.63, 3.8) is 0 Å². The average molecular weight is 456 g/mol. The van der Waals surface area contributed by atoms with E-state index in [9.17, 15) is 9.90 Å². The smallest absolute Gasteiger partial charge is 0.286 e. The van der Waals surface area contributed by atoms with Crippen LogP contribution in [0.15, 0.2) is 94.8 Å². The van der Waals surface area contributed by atoms with Gasteiger partial charge >= 0.3 is 0 Å². The molecule has 6 heteroatoms. The van der Waals surface area contributed by atoms with Gasteiger partial charge < -0.3 is 14.9 Å². The van der Waals surface area contributed by atoms with Crippen LogP contribution in [0, 0.1) is 0 Å². The first kappa shape index (κ1) is 21.5. The minimum Gasteiger partial charge on any atom is -0.872 e. The van der Waals surface area contributed by atoms with Gasteiger partial charge in [-0.2, -0.15) is 4.99 Å². The third-order valence-electron chi connectivity index (χ3n) is 6.12. The topological polar surface area (TPSA) is 60.2 Å². The molecule has 3 aromatic carbocycles. The van der Waals surface area contributed by atoms with E-state index in [1.165, 1.54) is 39.9 Å². The maximum absolute atomic E-state index is 12.5. The standard InChI is InChI=1S/C27H25N3O2S/c31-23-13-7-8-20(18-23)19-24-26(32)28-27(33-24)30-16-14-29(15-17-30)25(21-9-3-1-4-10-21)22-11-5-2-6-12-22/h1-13,18-19,25,31H,14-17H2/b24-19-. The van der Waals surface area contributed by atoms with Crippen molar-refractivity contribution in [2.24, 2.45) is 4.99 Å². The SMILES string of the molecule is O=C1N=C(N2CC[NH+](C(c3ccccc3)c3ccccc3)CC2)S/C1=C\c1cccc([O-])c1. The van der Waals surface area contributed by atoms with Gasteiger partial charge in [0, 0.05) is 11.1 Å². The molecule has 0 saturated carbocycles. The zero-order valence-corrected chi connectivity index (χ0v) is 19.0. The minimum atomic E-state index is -0.229. The summed E-state index contributed by atoms with van der Waals surface area (Å²) in [6.07, 6.45) is 1.76. The summed E-state index contributed by atoms with van der Waals surface area (Å²) in [4.78, 5) is 21.1. The maximum Gasteiger partial charge on any atom is 0.286 e. The number of nitrogens with zero attached hydrogens (tertiary/aromatic N) is 2. The Hall–Kier alpha value is -3.35. The van der Waals surface area contributed by atoms with Gasteiger partial charge in [-0.25, -0.2) is 0 Å². The van der Waals surface area contributed by atoms with E-state index < -0.39 is 0 Å². The summed E-state index contributed by atoms with van der Waals surface area (Å²) in [5.41, 5.74) is 3.37. The van der Waals surface area contributed by atoms with Crippen LogP contribution in [0.5, 0.6) is 5.75 Å². The van der Waals surface area contributed by atoms with Crippen molar-refractivity contribution in [1.82, 2.24) is 4.90 Å². The molecule has 33 heavy (non-hydrogen) atoms. The summed E-state index contributed by atoms with van der Waals surface area (Å²) in [5.74, 6) is -0.293. The number of carbonyl (C=O) groups excluding carboxylic acids is 1.